The van der Waals surface area contributed by atoms with Gasteiger partial charge >= 0.3 is 13.3 Å². The first-order valence-corrected chi connectivity index (χ1v) is 21.5. The Morgan fingerprint density at radius 2 is 1.82 bits per heavy atom. The van der Waals surface area contributed by atoms with Gasteiger partial charge in [0.1, 0.15) is 17.1 Å². The van der Waals surface area contributed by atoms with Crippen LogP contribution in [0.15, 0.2) is 47.8 Å². The molecule has 4 heterocycles. The van der Waals surface area contributed by atoms with Gasteiger partial charge < -0.3 is 35.6 Å². The zero-order chi connectivity index (χ0) is 41.1. The van der Waals surface area contributed by atoms with Crippen LogP contribution in [0.1, 0.15) is 72.2 Å². The number of nitrogens with zero attached hydrogens (tertiary/aromatic N) is 2. The first kappa shape index (κ1) is 42.3. The minimum Gasteiger partial charge on any atom is -0.370 e. The normalized spacial score (nSPS) is 19.5. The highest BCUT2D eigenvalue weighted by atomic mass is 32.1. The van der Waals surface area contributed by atoms with E-state index in [9.17, 15) is 32.5 Å². The van der Waals surface area contributed by atoms with E-state index in [0.717, 1.165) is 46.9 Å². The van der Waals surface area contributed by atoms with E-state index in [0.29, 0.717) is 46.8 Å². The van der Waals surface area contributed by atoms with Gasteiger partial charge in [0, 0.05) is 40.2 Å². The molecule has 0 spiro atoms. The number of carbonyl (C=O) groups is 4. The van der Waals surface area contributed by atoms with Gasteiger partial charge in [0.2, 0.25) is 17.7 Å². The Kier molecular flexibility index (Phi) is 13.2. The molecule has 2 aromatic heterocycles. The van der Waals surface area contributed by atoms with Crippen molar-refractivity contribution in [3.8, 4) is 11.3 Å². The Bertz CT molecular complexity index is 2200. The largest absolute Gasteiger partial charge is 0.404 e. The van der Waals surface area contributed by atoms with Crippen LogP contribution in [0.4, 0.5) is 17.6 Å². The molecule has 6 rings (SSSR count). The monoisotopic (exact) mass is 852 g/mol. The summed E-state index contributed by atoms with van der Waals surface area (Å²) in [5, 5.41) is 11.2. The van der Waals surface area contributed by atoms with Crippen molar-refractivity contribution in [1.82, 2.24) is 25.8 Å². The fourth-order valence-corrected chi connectivity index (χ4v) is 10.4. The molecule has 2 aliphatic rings. The van der Waals surface area contributed by atoms with E-state index in [1.807, 2.05) is 0 Å². The highest BCUT2D eigenvalue weighted by Crippen LogP contribution is 2.67. The summed E-state index contributed by atoms with van der Waals surface area (Å²) in [6.45, 7) is 2.89. The lowest BCUT2D eigenvalue weighted by Crippen LogP contribution is -2.60. The summed E-state index contributed by atoms with van der Waals surface area (Å²) in [7, 11) is -4.87. The summed E-state index contributed by atoms with van der Waals surface area (Å²) in [5.74, 6) is -4.30. The molecule has 306 valence electrons. The third-order valence-electron chi connectivity index (χ3n) is 9.73. The Labute approximate surface area is 333 Å². The molecule has 4 aromatic rings. The molecule has 2 saturated heterocycles. The van der Waals surface area contributed by atoms with E-state index in [2.05, 4.69) is 20.9 Å². The van der Waals surface area contributed by atoms with Gasteiger partial charge in [0.05, 0.1) is 29.8 Å². The maximum Gasteiger partial charge on any atom is 0.404 e. The minimum absolute atomic E-state index is 0.0562. The van der Waals surface area contributed by atoms with Gasteiger partial charge in [0.25, 0.3) is 5.91 Å². The number of amides is 4. The number of rotatable bonds is 15. The van der Waals surface area contributed by atoms with Crippen LogP contribution in [0.25, 0.3) is 21.3 Å². The molecule has 0 saturated carbocycles. The van der Waals surface area contributed by atoms with Gasteiger partial charge in [-0.05, 0) is 87.9 Å². The lowest BCUT2D eigenvalue weighted by Gasteiger charge is -2.35. The van der Waals surface area contributed by atoms with Crippen LogP contribution >= 0.6 is 30.3 Å². The number of thiophene rings is 1. The Morgan fingerprint density at radius 3 is 2.53 bits per heavy atom. The number of aromatic nitrogens is 1. The number of primary amides is 1. The maximum atomic E-state index is 15.5. The zero-order valence-corrected chi connectivity index (χ0v) is 33.4. The SMILES string of the molecule is CCOP(=O)(OCC)C(F)(F)c1ccc2sc(C(=O)N[C@H]3CNCC[C@H]4CC[C@@H](C(=O)N[C@@H](CCC(N)=O)c5nc(-c6ccc(F)c(F)c6)cs5)N4C3=O)cc2c1. The van der Waals surface area contributed by atoms with E-state index in [1.165, 1.54) is 36.9 Å². The number of hydrogen-bond acceptors (Lipinski definition) is 11. The summed E-state index contributed by atoms with van der Waals surface area (Å²) in [4.78, 5) is 59.7. The van der Waals surface area contributed by atoms with E-state index in [4.69, 9.17) is 14.8 Å². The van der Waals surface area contributed by atoms with Crippen molar-refractivity contribution in [3.63, 3.8) is 0 Å². The number of benzene rings is 2. The molecule has 5 N–H and O–H groups in total. The van der Waals surface area contributed by atoms with E-state index >= 15 is 8.78 Å². The number of carbonyl (C=O) groups excluding carboxylic acids is 4. The van der Waals surface area contributed by atoms with E-state index in [1.54, 1.807) is 5.38 Å². The second kappa shape index (κ2) is 17.7. The lowest BCUT2D eigenvalue weighted by molar-refractivity contribution is -0.142. The molecule has 13 nitrogen and oxygen atoms in total. The summed E-state index contributed by atoms with van der Waals surface area (Å²) in [5.41, 5.74) is 1.50. The van der Waals surface area contributed by atoms with Gasteiger partial charge in [-0.3, -0.25) is 23.7 Å². The molecule has 0 aliphatic carbocycles. The number of nitrogens with two attached hydrogens (primary N) is 1. The summed E-state index contributed by atoms with van der Waals surface area (Å²) >= 11 is 2.17. The second-order valence-corrected chi connectivity index (χ2v) is 17.6. The maximum absolute atomic E-state index is 15.5. The van der Waals surface area contributed by atoms with Crippen molar-refractivity contribution in [2.75, 3.05) is 26.3 Å². The summed E-state index contributed by atoms with van der Waals surface area (Å²) in [6, 6.07) is 5.24. The highest BCUT2D eigenvalue weighted by molar-refractivity contribution is 7.54. The van der Waals surface area contributed by atoms with Crippen LogP contribution in [-0.4, -0.2) is 77.9 Å². The van der Waals surface area contributed by atoms with E-state index < -0.39 is 72.2 Å². The highest BCUT2D eigenvalue weighted by Gasteiger charge is 2.55. The average molecular weight is 853 g/mol. The van der Waals surface area contributed by atoms with Gasteiger partial charge in [0.15, 0.2) is 11.6 Å². The molecule has 57 heavy (non-hydrogen) atoms. The van der Waals surface area contributed by atoms with E-state index in [-0.39, 0.29) is 48.9 Å². The molecule has 20 heteroatoms. The van der Waals surface area contributed by atoms with Crippen LogP contribution in [-0.2, 0) is 33.7 Å². The third-order valence-corrected chi connectivity index (χ3v) is 13.9. The number of halogens is 4. The predicted octanol–water partition coefficient (Wildman–Crippen LogP) is 6.19. The van der Waals surface area contributed by atoms with Gasteiger partial charge in [-0.2, -0.15) is 8.78 Å². The molecule has 0 unspecified atom stereocenters. The molecular weight excluding hydrogens is 812 g/mol. The molecule has 2 fully saturated rings. The fourth-order valence-electron chi connectivity index (χ4n) is 6.97. The van der Waals surface area contributed by atoms with Crippen molar-refractivity contribution >= 4 is 64.0 Å². The smallest absolute Gasteiger partial charge is 0.370 e. The summed E-state index contributed by atoms with van der Waals surface area (Å²) < 4.78 is 81.8. The third kappa shape index (κ3) is 9.08. The average Bonchev–Trinajstić information content (AvgIpc) is 3.93. The Balaban J connectivity index is 1.19. The van der Waals surface area contributed by atoms with Crippen LogP contribution < -0.4 is 21.7 Å². The summed E-state index contributed by atoms with van der Waals surface area (Å²) in [6.07, 6.45) is 1.38. The lowest BCUT2D eigenvalue weighted by atomic mass is 10.1. The first-order chi connectivity index (χ1) is 27.1. The molecule has 0 radical (unpaired) electrons. The molecular formula is C37H41F4N6O7PS2. The zero-order valence-electron chi connectivity index (χ0n) is 30.9. The molecule has 2 aliphatic heterocycles. The molecule has 4 atom stereocenters. The van der Waals surface area contributed by atoms with Crippen molar-refractivity contribution in [3.05, 3.63) is 74.9 Å². The molecule has 0 bridgehead atoms. The fraction of sp³-hybridized carbons (Fsp3) is 0.432. The Morgan fingerprint density at radius 1 is 1.07 bits per heavy atom. The quantitative estimate of drug-likeness (QED) is 0.0801. The number of hydrogen-bond donors (Lipinski definition) is 4. The first-order valence-electron chi connectivity index (χ1n) is 18.3. The van der Waals surface area contributed by atoms with Gasteiger partial charge in [-0.1, -0.05) is 6.07 Å². The number of thiazole rings is 1. The van der Waals surface area contributed by atoms with Crippen LogP contribution in [0.3, 0.4) is 0 Å². The van der Waals surface area contributed by atoms with Crippen molar-refractivity contribution in [2.24, 2.45) is 5.73 Å². The topological polar surface area (TPSA) is 182 Å². The van der Waals surface area contributed by atoms with Crippen molar-refractivity contribution < 1.29 is 50.4 Å². The van der Waals surface area contributed by atoms with Crippen molar-refractivity contribution in [2.45, 2.75) is 75.8 Å². The Hall–Kier alpha value is -4.26. The molecule has 4 amide bonds. The number of fused-ring (bicyclic) bond motifs is 2. The number of alkyl halides is 2. The van der Waals surface area contributed by atoms with Crippen LogP contribution in [0.5, 0.6) is 0 Å². The van der Waals surface area contributed by atoms with Gasteiger partial charge in [-0.15, -0.1) is 22.7 Å². The van der Waals surface area contributed by atoms with Crippen molar-refractivity contribution in [1.29, 1.82) is 0 Å². The van der Waals surface area contributed by atoms with Gasteiger partial charge in [-0.25, -0.2) is 13.8 Å². The molecule has 2 aromatic carbocycles. The predicted molar refractivity (Wildman–Crippen MR) is 206 cm³/mol. The number of nitrogens with one attached hydrogen (secondary N) is 3. The van der Waals surface area contributed by atoms with Crippen LogP contribution in [0, 0.1) is 11.6 Å². The minimum atomic E-state index is -4.87. The standard InChI is InChI=1S/C37H41F4N6O7PS2/c1-3-53-55(52,54-4-2)37(40,41)22-6-11-30-21(15-22)17-31(57-30)34(50)45-27-18-43-14-13-23-7-10-29(47(23)36(27)51)33(49)44-26(9-12-32(42)48)35-46-28(19-56-35)20-5-8-24(38)25(39)16-20/h5-6,8,11,15-17,19,23,26-27,29,43H,3-4,7,9-10,12-14,18H2,1-2H3,(H2,42,48)(H,44,49)(H,45,50)/t23-,26+,27+,29+/m1/s1. The van der Waals surface area contributed by atoms with Crippen LogP contribution in [0.2, 0.25) is 0 Å². The second-order valence-electron chi connectivity index (χ2n) is 13.5.